The number of carbonyl (C=O) groups excluding carboxylic acids is 1. The summed E-state index contributed by atoms with van der Waals surface area (Å²) >= 11 is 0. The van der Waals surface area contributed by atoms with Crippen molar-refractivity contribution in [1.82, 2.24) is 5.32 Å². The fraction of sp³-hybridized carbons (Fsp3) is 0.588. The Morgan fingerprint density at radius 2 is 1.75 bits per heavy atom. The third-order valence-corrected chi connectivity index (χ3v) is 3.73. The maximum absolute atomic E-state index is 11.7. The largest absolute Gasteiger partial charge is 0.382 e. The van der Waals surface area contributed by atoms with Crippen LogP contribution < -0.4 is 10.6 Å². The van der Waals surface area contributed by atoms with Crippen LogP contribution in [0, 0.1) is 5.92 Å². The van der Waals surface area contributed by atoms with E-state index in [0.29, 0.717) is 18.2 Å². The number of hydrogen-bond acceptors (Lipinski definition) is 2. The van der Waals surface area contributed by atoms with Gasteiger partial charge >= 0.3 is 0 Å². The lowest BCUT2D eigenvalue weighted by atomic mass is 9.97. The Kier molecular flexibility index (Phi) is 7.13. The molecule has 0 bridgehead atoms. The van der Waals surface area contributed by atoms with Crippen LogP contribution in [0.2, 0.25) is 0 Å². The van der Waals surface area contributed by atoms with E-state index in [0.717, 1.165) is 18.0 Å². The molecule has 0 saturated heterocycles. The van der Waals surface area contributed by atoms with Crippen molar-refractivity contribution in [3.63, 3.8) is 0 Å². The van der Waals surface area contributed by atoms with Crippen LogP contribution in [0.15, 0.2) is 24.3 Å². The topological polar surface area (TPSA) is 41.1 Å². The van der Waals surface area contributed by atoms with Crippen LogP contribution >= 0.6 is 0 Å². The van der Waals surface area contributed by atoms with Crippen molar-refractivity contribution < 1.29 is 4.79 Å². The quantitative estimate of drug-likeness (QED) is 0.751. The molecule has 0 heterocycles. The predicted octanol–water partition coefficient (Wildman–Crippen LogP) is 4.06. The summed E-state index contributed by atoms with van der Waals surface area (Å²) in [6, 6.07) is 8.24. The smallest absolute Gasteiger partial charge is 0.251 e. The van der Waals surface area contributed by atoms with Gasteiger partial charge < -0.3 is 10.6 Å². The highest BCUT2D eigenvalue weighted by molar-refractivity contribution is 5.94. The monoisotopic (exact) mass is 276 g/mol. The third-order valence-electron chi connectivity index (χ3n) is 3.73. The summed E-state index contributed by atoms with van der Waals surface area (Å²) in [5.41, 5.74) is 1.81. The second-order valence-corrected chi connectivity index (χ2v) is 5.44. The van der Waals surface area contributed by atoms with Crippen LogP contribution in [0.5, 0.6) is 0 Å². The van der Waals surface area contributed by atoms with E-state index in [1.54, 1.807) is 0 Å². The van der Waals surface area contributed by atoms with Gasteiger partial charge in [-0.15, -0.1) is 0 Å². The van der Waals surface area contributed by atoms with Gasteiger partial charge in [-0.1, -0.05) is 27.2 Å². The molecule has 3 heteroatoms. The first-order valence-electron chi connectivity index (χ1n) is 7.75. The molecule has 2 atom stereocenters. The van der Waals surface area contributed by atoms with Crippen LogP contribution in [0.1, 0.15) is 57.3 Å². The number of rotatable bonds is 8. The number of benzene rings is 1. The number of nitrogens with one attached hydrogen (secondary N) is 2. The molecule has 0 aromatic heterocycles. The SMILES string of the molecule is CCNC(=O)c1ccc(NC(CC)CC(C)CC)cc1. The first-order valence-corrected chi connectivity index (χ1v) is 7.75. The number of carbonyl (C=O) groups is 1. The van der Waals surface area contributed by atoms with E-state index in [2.05, 4.69) is 31.4 Å². The van der Waals surface area contributed by atoms with E-state index in [1.807, 2.05) is 31.2 Å². The molecule has 0 spiro atoms. The Balaban J connectivity index is 2.61. The number of anilines is 1. The molecule has 112 valence electrons. The minimum atomic E-state index is -0.00861. The zero-order valence-electron chi connectivity index (χ0n) is 13.2. The van der Waals surface area contributed by atoms with E-state index in [1.165, 1.54) is 12.8 Å². The second-order valence-electron chi connectivity index (χ2n) is 5.44. The Bertz CT molecular complexity index is 400. The minimum Gasteiger partial charge on any atom is -0.382 e. The molecular formula is C17H28N2O. The van der Waals surface area contributed by atoms with E-state index in [4.69, 9.17) is 0 Å². The van der Waals surface area contributed by atoms with Gasteiger partial charge in [-0.25, -0.2) is 0 Å². The van der Waals surface area contributed by atoms with Crippen LogP contribution in [-0.2, 0) is 0 Å². The highest BCUT2D eigenvalue weighted by Crippen LogP contribution is 2.18. The van der Waals surface area contributed by atoms with Gasteiger partial charge in [-0.3, -0.25) is 4.79 Å². The highest BCUT2D eigenvalue weighted by atomic mass is 16.1. The number of hydrogen-bond donors (Lipinski definition) is 2. The van der Waals surface area contributed by atoms with Gasteiger partial charge in [0, 0.05) is 23.8 Å². The molecule has 2 unspecified atom stereocenters. The Morgan fingerprint density at radius 3 is 2.25 bits per heavy atom. The van der Waals surface area contributed by atoms with Crippen LogP contribution in [0.3, 0.4) is 0 Å². The average molecular weight is 276 g/mol. The second kappa shape index (κ2) is 8.62. The molecule has 1 rings (SSSR count). The molecule has 20 heavy (non-hydrogen) atoms. The van der Waals surface area contributed by atoms with Gasteiger partial charge in [0.1, 0.15) is 0 Å². The molecule has 0 aliphatic carbocycles. The van der Waals surface area contributed by atoms with E-state index in [9.17, 15) is 4.79 Å². The molecule has 0 aliphatic heterocycles. The molecule has 0 fully saturated rings. The Labute approximate surface area is 123 Å². The summed E-state index contributed by atoms with van der Waals surface area (Å²) in [4.78, 5) is 11.7. The molecule has 2 N–H and O–H groups in total. The van der Waals surface area contributed by atoms with Gasteiger partial charge in [0.05, 0.1) is 0 Å². The summed E-state index contributed by atoms with van der Waals surface area (Å²) in [5, 5.41) is 6.37. The predicted molar refractivity (Wildman–Crippen MR) is 86.2 cm³/mol. The van der Waals surface area contributed by atoms with Gasteiger partial charge in [-0.05, 0) is 49.9 Å². The van der Waals surface area contributed by atoms with Crippen molar-refractivity contribution in [2.24, 2.45) is 5.92 Å². The lowest BCUT2D eigenvalue weighted by molar-refractivity contribution is 0.0956. The molecule has 1 aromatic rings. The first-order chi connectivity index (χ1) is 9.60. The van der Waals surface area contributed by atoms with Crippen LogP contribution in [0.25, 0.3) is 0 Å². The van der Waals surface area contributed by atoms with Gasteiger partial charge in [0.15, 0.2) is 0 Å². The molecular weight excluding hydrogens is 248 g/mol. The van der Waals surface area contributed by atoms with Gasteiger partial charge in [0.2, 0.25) is 0 Å². The third kappa shape index (κ3) is 5.24. The van der Waals surface area contributed by atoms with Crippen LogP contribution in [-0.4, -0.2) is 18.5 Å². The minimum absolute atomic E-state index is 0.00861. The molecule has 3 nitrogen and oxygen atoms in total. The van der Waals surface area contributed by atoms with Gasteiger partial charge in [0.25, 0.3) is 5.91 Å². The molecule has 0 saturated carbocycles. The fourth-order valence-electron chi connectivity index (χ4n) is 2.20. The van der Waals surface area contributed by atoms with Crippen molar-refractivity contribution in [2.75, 3.05) is 11.9 Å². The van der Waals surface area contributed by atoms with Crippen molar-refractivity contribution in [3.8, 4) is 0 Å². The highest BCUT2D eigenvalue weighted by Gasteiger charge is 2.10. The summed E-state index contributed by atoms with van der Waals surface area (Å²) < 4.78 is 0. The summed E-state index contributed by atoms with van der Waals surface area (Å²) in [7, 11) is 0. The maximum Gasteiger partial charge on any atom is 0.251 e. The van der Waals surface area contributed by atoms with Crippen LogP contribution in [0.4, 0.5) is 5.69 Å². The molecule has 1 amide bonds. The van der Waals surface area contributed by atoms with E-state index < -0.39 is 0 Å². The lowest BCUT2D eigenvalue weighted by Crippen LogP contribution is -2.23. The fourth-order valence-corrected chi connectivity index (χ4v) is 2.20. The van der Waals surface area contributed by atoms with Crippen molar-refractivity contribution in [2.45, 2.75) is 53.0 Å². The summed E-state index contributed by atoms with van der Waals surface area (Å²) in [6.45, 7) is 9.32. The van der Waals surface area contributed by atoms with Gasteiger partial charge in [-0.2, -0.15) is 0 Å². The van der Waals surface area contributed by atoms with E-state index >= 15 is 0 Å². The number of amides is 1. The summed E-state index contributed by atoms with van der Waals surface area (Å²) in [5.74, 6) is 0.729. The molecule has 0 radical (unpaired) electrons. The first kappa shape index (κ1) is 16.5. The van der Waals surface area contributed by atoms with Crippen molar-refractivity contribution in [1.29, 1.82) is 0 Å². The zero-order chi connectivity index (χ0) is 15.0. The van der Waals surface area contributed by atoms with Crippen molar-refractivity contribution >= 4 is 11.6 Å². The Morgan fingerprint density at radius 1 is 1.10 bits per heavy atom. The standard InChI is InChI=1S/C17H28N2O/c1-5-13(4)12-15(6-2)19-16-10-8-14(9-11-16)17(20)18-7-3/h8-11,13,15,19H,5-7,12H2,1-4H3,(H,18,20). The van der Waals surface area contributed by atoms with E-state index in [-0.39, 0.29) is 5.91 Å². The zero-order valence-corrected chi connectivity index (χ0v) is 13.2. The normalized spacial score (nSPS) is 13.6. The summed E-state index contributed by atoms with van der Waals surface area (Å²) in [6.07, 6.45) is 3.52. The molecule has 1 aromatic carbocycles. The van der Waals surface area contributed by atoms with Crippen molar-refractivity contribution in [3.05, 3.63) is 29.8 Å². The molecule has 0 aliphatic rings. The Hall–Kier alpha value is -1.51. The lowest BCUT2D eigenvalue weighted by Gasteiger charge is -2.21. The average Bonchev–Trinajstić information content (AvgIpc) is 2.47. The maximum atomic E-state index is 11.7.